The molecule has 1 atom stereocenters. The van der Waals surface area contributed by atoms with E-state index in [9.17, 15) is 4.79 Å². The molecule has 5 nitrogen and oxygen atoms in total. The van der Waals surface area contributed by atoms with Gasteiger partial charge in [-0.3, -0.25) is 9.48 Å². The molecule has 1 amide bonds. The summed E-state index contributed by atoms with van der Waals surface area (Å²) in [6, 6.07) is 0. The van der Waals surface area contributed by atoms with Crippen LogP contribution >= 0.6 is 0 Å². The quantitative estimate of drug-likeness (QED) is 0.800. The smallest absolute Gasteiger partial charge is 0.255 e. The lowest BCUT2D eigenvalue weighted by Crippen LogP contribution is -2.31. The van der Waals surface area contributed by atoms with Crippen molar-refractivity contribution in [1.29, 1.82) is 0 Å². The van der Waals surface area contributed by atoms with E-state index in [0.29, 0.717) is 24.6 Å². The van der Waals surface area contributed by atoms with Gasteiger partial charge >= 0.3 is 0 Å². The fraction of sp³-hybridized carbons (Fsp3) is 0.692. The molecule has 1 aromatic rings. The molecule has 0 bridgehead atoms. The molecule has 1 unspecified atom stereocenters. The van der Waals surface area contributed by atoms with Gasteiger partial charge in [0.2, 0.25) is 0 Å². The predicted octanol–water partition coefficient (Wildman–Crippen LogP) is 1.23. The first kappa shape index (κ1) is 14.7. The van der Waals surface area contributed by atoms with Gasteiger partial charge in [-0.25, -0.2) is 0 Å². The summed E-state index contributed by atoms with van der Waals surface area (Å²) in [4.78, 5) is 12.1. The summed E-state index contributed by atoms with van der Waals surface area (Å²) >= 11 is 0. The Morgan fingerprint density at radius 2 is 2.17 bits per heavy atom. The minimum atomic E-state index is -0.0485. The van der Waals surface area contributed by atoms with E-state index in [2.05, 4.69) is 17.3 Å². The van der Waals surface area contributed by atoms with E-state index in [4.69, 9.17) is 5.73 Å². The van der Waals surface area contributed by atoms with E-state index in [1.54, 1.807) is 0 Å². The van der Waals surface area contributed by atoms with Gasteiger partial charge in [-0.05, 0) is 32.7 Å². The molecule has 0 aliphatic carbocycles. The van der Waals surface area contributed by atoms with Gasteiger partial charge in [0.05, 0.1) is 11.3 Å². The van der Waals surface area contributed by atoms with Gasteiger partial charge in [-0.1, -0.05) is 13.8 Å². The largest absolute Gasteiger partial charge is 0.352 e. The standard InChI is InChI=1S/C13H24N4O/c1-5-6-17-11(4)12(10(3)16-17)13(18)15-8-9(2)7-14/h9H,5-8,14H2,1-4H3,(H,15,18). The zero-order valence-electron chi connectivity index (χ0n) is 11.8. The predicted molar refractivity (Wildman–Crippen MR) is 72.5 cm³/mol. The topological polar surface area (TPSA) is 72.9 Å². The number of hydrogen-bond donors (Lipinski definition) is 2. The second-order valence-electron chi connectivity index (χ2n) is 4.82. The van der Waals surface area contributed by atoms with Crippen molar-refractivity contribution in [3.63, 3.8) is 0 Å². The minimum absolute atomic E-state index is 0.0485. The van der Waals surface area contributed by atoms with Crippen molar-refractivity contribution in [2.24, 2.45) is 11.7 Å². The molecule has 0 fully saturated rings. The Balaban J connectivity index is 2.79. The minimum Gasteiger partial charge on any atom is -0.352 e. The monoisotopic (exact) mass is 252 g/mol. The lowest BCUT2D eigenvalue weighted by Gasteiger charge is -2.10. The number of nitrogens with one attached hydrogen (secondary N) is 1. The summed E-state index contributed by atoms with van der Waals surface area (Å²) in [6.45, 7) is 9.96. The summed E-state index contributed by atoms with van der Waals surface area (Å²) in [5.41, 5.74) is 7.96. The number of rotatable bonds is 6. The Kier molecular flexibility index (Phi) is 5.34. The molecule has 18 heavy (non-hydrogen) atoms. The molecular formula is C13H24N4O. The molecule has 0 aromatic carbocycles. The van der Waals surface area contributed by atoms with Crippen molar-refractivity contribution in [1.82, 2.24) is 15.1 Å². The number of nitrogens with zero attached hydrogens (tertiary/aromatic N) is 2. The van der Waals surface area contributed by atoms with Crippen molar-refractivity contribution < 1.29 is 4.79 Å². The van der Waals surface area contributed by atoms with Crippen molar-refractivity contribution in [3.05, 3.63) is 17.0 Å². The molecule has 0 saturated heterocycles. The van der Waals surface area contributed by atoms with Crippen LogP contribution in [-0.2, 0) is 6.54 Å². The van der Waals surface area contributed by atoms with Crippen LogP contribution in [0.1, 0.15) is 42.0 Å². The molecule has 1 heterocycles. The van der Waals surface area contributed by atoms with Crippen molar-refractivity contribution in [3.8, 4) is 0 Å². The average Bonchev–Trinajstić information content (AvgIpc) is 2.62. The van der Waals surface area contributed by atoms with Gasteiger partial charge in [0.25, 0.3) is 5.91 Å². The number of nitrogens with two attached hydrogens (primary N) is 1. The zero-order chi connectivity index (χ0) is 13.7. The summed E-state index contributed by atoms with van der Waals surface area (Å²) in [6.07, 6.45) is 1.01. The van der Waals surface area contributed by atoms with E-state index in [-0.39, 0.29) is 5.91 Å². The SMILES string of the molecule is CCCn1nc(C)c(C(=O)NCC(C)CN)c1C. The first-order valence-corrected chi connectivity index (χ1v) is 6.53. The molecule has 1 rings (SSSR count). The number of carbonyl (C=O) groups excluding carboxylic acids is 1. The first-order valence-electron chi connectivity index (χ1n) is 6.53. The Morgan fingerprint density at radius 3 is 2.72 bits per heavy atom. The number of aromatic nitrogens is 2. The lowest BCUT2D eigenvalue weighted by molar-refractivity contribution is 0.0947. The Hall–Kier alpha value is -1.36. The second-order valence-corrected chi connectivity index (χ2v) is 4.82. The van der Waals surface area contributed by atoms with Crippen LogP contribution in [0, 0.1) is 19.8 Å². The maximum Gasteiger partial charge on any atom is 0.255 e. The van der Waals surface area contributed by atoms with Crippen molar-refractivity contribution in [2.45, 2.75) is 40.7 Å². The highest BCUT2D eigenvalue weighted by Crippen LogP contribution is 2.13. The lowest BCUT2D eigenvalue weighted by atomic mass is 10.1. The van der Waals surface area contributed by atoms with Crippen LogP contribution in [0.15, 0.2) is 0 Å². The molecule has 0 aliphatic rings. The second kappa shape index (κ2) is 6.54. The Morgan fingerprint density at radius 1 is 1.50 bits per heavy atom. The Labute approximate surface area is 109 Å². The molecule has 0 spiro atoms. The molecule has 0 saturated carbocycles. The zero-order valence-corrected chi connectivity index (χ0v) is 11.8. The molecule has 0 radical (unpaired) electrons. The number of carbonyl (C=O) groups is 1. The van der Waals surface area contributed by atoms with E-state index in [1.807, 2.05) is 25.5 Å². The van der Waals surface area contributed by atoms with Crippen LogP contribution in [0.4, 0.5) is 0 Å². The van der Waals surface area contributed by atoms with Crippen LogP contribution in [0.25, 0.3) is 0 Å². The maximum absolute atomic E-state index is 12.1. The molecule has 5 heteroatoms. The highest BCUT2D eigenvalue weighted by molar-refractivity contribution is 5.96. The Bertz CT molecular complexity index is 411. The van der Waals surface area contributed by atoms with Crippen molar-refractivity contribution >= 4 is 5.91 Å². The summed E-state index contributed by atoms with van der Waals surface area (Å²) in [5, 5.41) is 7.31. The van der Waals surface area contributed by atoms with Crippen LogP contribution in [0.5, 0.6) is 0 Å². The third-order valence-electron chi connectivity index (χ3n) is 3.06. The van der Waals surface area contributed by atoms with Gasteiger partial charge in [-0.15, -0.1) is 0 Å². The first-order chi connectivity index (χ1) is 8.51. The van der Waals surface area contributed by atoms with Crippen molar-refractivity contribution in [2.75, 3.05) is 13.1 Å². The maximum atomic E-state index is 12.1. The molecule has 1 aromatic heterocycles. The average molecular weight is 252 g/mol. The highest BCUT2D eigenvalue weighted by Gasteiger charge is 2.18. The van der Waals surface area contributed by atoms with E-state index in [1.165, 1.54) is 0 Å². The molecule has 3 N–H and O–H groups in total. The van der Waals surface area contributed by atoms with Crippen LogP contribution < -0.4 is 11.1 Å². The summed E-state index contributed by atoms with van der Waals surface area (Å²) < 4.78 is 1.90. The van der Waals surface area contributed by atoms with Crippen LogP contribution in [0.2, 0.25) is 0 Å². The normalized spacial score (nSPS) is 12.5. The van der Waals surface area contributed by atoms with E-state index in [0.717, 1.165) is 24.4 Å². The number of amides is 1. The third kappa shape index (κ3) is 3.32. The fourth-order valence-electron chi connectivity index (χ4n) is 1.89. The van der Waals surface area contributed by atoms with Crippen LogP contribution in [-0.4, -0.2) is 28.8 Å². The van der Waals surface area contributed by atoms with Gasteiger partial charge in [0.15, 0.2) is 0 Å². The number of aryl methyl sites for hydroxylation is 2. The molecule has 102 valence electrons. The van der Waals surface area contributed by atoms with Gasteiger partial charge in [-0.2, -0.15) is 5.10 Å². The van der Waals surface area contributed by atoms with Gasteiger partial charge in [0, 0.05) is 18.8 Å². The molecular weight excluding hydrogens is 228 g/mol. The highest BCUT2D eigenvalue weighted by atomic mass is 16.1. The fourth-order valence-corrected chi connectivity index (χ4v) is 1.89. The number of hydrogen-bond acceptors (Lipinski definition) is 3. The molecule has 0 aliphatic heterocycles. The van der Waals surface area contributed by atoms with Gasteiger partial charge < -0.3 is 11.1 Å². The third-order valence-corrected chi connectivity index (χ3v) is 3.06. The summed E-state index contributed by atoms with van der Waals surface area (Å²) in [7, 11) is 0. The van der Waals surface area contributed by atoms with Gasteiger partial charge in [0.1, 0.15) is 0 Å². The summed E-state index contributed by atoms with van der Waals surface area (Å²) in [5.74, 6) is 0.243. The van der Waals surface area contributed by atoms with E-state index < -0.39 is 0 Å². The van der Waals surface area contributed by atoms with Crippen LogP contribution in [0.3, 0.4) is 0 Å². The van der Waals surface area contributed by atoms with E-state index >= 15 is 0 Å².